The van der Waals surface area contributed by atoms with Crippen LogP contribution in [-0.2, 0) is 29.4 Å². The predicted molar refractivity (Wildman–Crippen MR) is 121 cm³/mol. The van der Waals surface area contributed by atoms with Crippen LogP contribution in [0.3, 0.4) is 0 Å². The molecular weight excluding hydrogens is 445 g/mol. The minimum Gasteiger partial charge on any atom is -0.369 e. The number of hydrogen-bond donors (Lipinski definition) is 1. The Kier molecular flexibility index (Phi) is 5.55. The number of carbonyl (C=O) groups excluding carboxylic acids is 2. The molecule has 9 heteroatoms. The largest absolute Gasteiger partial charge is 0.416 e. The first-order chi connectivity index (χ1) is 16.1. The van der Waals surface area contributed by atoms with Crippen molar-refractivity contribution in [2.45, 2.75) is 37.9 Å². The van der Waals surface area contributed by atoms with E-state index in [-0.39, 0.29) is 12.6 Å². The highest BCUT2D eigenvalue weighted by Gasteiger charge is 2.49. The number of aryl methyl sites for hydroxylation is 2. The Morgan fingerprint density at radius 2 is 1.71 bits per heavy atom. The Morgan fingerprint density at radius 1 is 0.971 bits per heavy atom. The van der Waals surface area contributed by atoms with Gasteiger partial charge in [0.25, 0.3) is 5.91 Å². The molecule has 2 aromatic rings. The molecule has 0 aromatic heterocycles. The highest BCUT2D eigenvalue weighted by Crippen LogP contribution is 2.34. The van der Waals surface area contributed by atoms with Crippen molar-refractivity contribution < 1.29 is 22.8 Å². The van der Waals surface area contributed by atoms with Crippen molar-refractivity contribution in [3.63, 3.8) is 0 Å². The number of hydrogen-bond acceptors (Lipinski definition) is 4. The summed E-state index contributed by atoms with van der Waals surface area (Å²) in [5.41, 5.74) is 2.09. The molecule has 0 radical (unpaired) electrons. The lowest BCUT2D eigenvalue weighted by Crippen LogP contribution is -2.51. The van der Waals surface area contributed by atoms with Crippen LogP contribution in [-0.4, -0.2) is 54.6 Å². The molecule has 6 nitrogen and oxygen atoms in total. The molecule has 1 unspecified atom stereocenters. The van der Waals surface area contributed by atoms with Crippen LogP contribution in [0.4, 0.5) is 23.7 Å². The quantitative estimate of drug-likeness (QED) is 0.689. The van der Waals surface area contributed by atoms with Gasteiger partial charge in [-0.3, -0.25) is 9.69 Å². The molecule has 1 atom stereocenters. The second-order valence-electron chi connectivity index (χ2n) is 9.42. The van der Waals surface area contributed by atoms with Gasteiger partial charge in [0, 0.05) is 31.9 Å². The Morgan fingerprint density at radius 3 is 2.44 bits per heavy atom. The van der Waals surface area contributed by atoms with E-state index in [1.807, 2.05) is 21.9 Å². The van der Waals surface area contributed by atoms with E-state index in [9.17, 15) is 22.8 Å². The van der Waals surface area contributed by atoms with Gasteiger partial charge in [-0.2, -0.15) is 13.2 Å². The van der Waals surface area contributed by atoms with Crippen molar-refractivity contribution in [3.8, 4) is 0 Å². The molecule has 3 amide bonds. The zero-order chi connectivity index (χ0) is 24.1. The molecule has 2 aromatic carbocycles. The van der Waals surface area contributed by atoms with Gasteiger partial charge in [-0.25, -0.2) is 9.69 Å². The fourth-order valence-corrected chi connectivity index (χ4v) is 5.13. The van der Waals surface area contributed by atoms with Crippen molar-refractivity contribution in [2.24, 2.45) is 0 Å². The summed E-state index contributed by atoms with van der Waals surface area (Å²) in [6, 6.07) is 10.9. The Bertz CT molecular complexity index is 1130. The van der Waals surface area contributed by atoms with Crippen molar-refractivity contribution in [2.75, 3.05) is 37.7 Å². The SMILES string of the molecule is CC1(c2ccc3c(c2)CCC3)NC(=O)N(CN2CCN(c3cccc(C(F)(F)F)c3)CC2)C1=O. The van der Waals surface area contributed by atoms with Gasteiger partial charge < -0.3 is 10.2 Å². The van der Waals surface area contributed by atoms with Gasteiger partial charge in [-0.1, -0.05) is 24.3 Å². The van der Waals surface area contributed by atoms with Gasteiger partial charge in [0.2, 0.25) is 0 Å². The van der Waals surface area contributed by atoms with Crippen LogP contribution in [0.1, 0.15) is 35.6 Å². The van der Waals surface area contributed by atoms with Crippen molar-refractivity contribution in [3.05, 3.63) is 64.7 Å². The van der Waals surface area contributed by atoms with E-state index >= 15 is 0 Å². The maximum atomic E-state index is 13.3. The first-order valence-corrected chi connectivity index (χ1v) is 11.6. The molecule has 1 aliphatic carbocycles. The summed E-state index contributed by atoms with van der Waals surface area (Å²) in [7, 11) is 0. The number of anilines is 1. The summed E-state index contributed by atoms with van der Waals surface area (Å²) in [5, 5.41) is 2.88. The number of imide groups is 1. The highest BCUT2D eigenvalue weighted by molar-refractivity contribution is 6.07. The number of fused-ring (bicyclic) bond motifs is 1. The maximum Gasteiger partial charge on any atom is 0.416 e. The molecule has 0 bridgehead atoms. The fourth-order valence-electron chi connectivity index (χ4n) is 5.13. The Labute approximate surface area is 196 Å². The van der Waals surface area contributed by atoms with E-state index in [0.29, 0.717) is 31.9 Å². The number of alkyl halides is 3. The number of carbonyl (C=O) groups is 2. The van der Waals surface area contributed by atoms with Gasteiger partial charge in [-0.05, 0) is 61.1 Å². The number of piperazine rings is 1. The fraction of sp³-hybridized carbons (Fsp3) is 0.440. The monoisotopic (exact) mass is 472 g/mol. The smallest absolute Gasteiger partial charge is 0.369 e. The molecule has 2 heterocycles. The van der Waals surface area contributed by atoms with Gasteiger partial charge >= 0.3 is 12.2 Å². The third-order valence-electron chi connectivity index (χ3n) is 7.20. The van der Waals surface area contributed by atoms with Crippen molar-refractivity contribution >= 4 is 17.6 Å². The summed E-state index contributed by atoms with van der Waals surface area (Å²) >= 11 is 0. The first-order valence-electron chi connectivity index (χ1n) is 11.6. The minimum atomic E-state index is -4.38. The topological polar surface area (TPSA) is 55.9 Å². The van der Waals surface area contributed by atoms with E-state index < -0.39 is 23.3 Å². The molecule has 2 fully saturated rings. The lowest BCUT2D eigenvalue weighted by atomic mass is 9.90. The maximum absolute atomic E-state index is 13.3. The third kappa shape index (κ3) is 4.02. The van der Waals surface area contributed by atoms with Crippen LogP contribution in [0.25, 0.3) is 0 Å². The lowest BCUT2D eigenvalue weighted by molar-refractivity contribution is -0.137. The Balaban J connectivity index is 1.24. The van der Waals surface area contributed by atoms with Crippen LogP contribution in [0.15, 0.2) is 42.5 Å². The second-order valence-corrected chi connectivity index (χ2v) is 9.42. The summed E-state index contributed by atoms with van der Waals surface area (Å²) < 4.78 is 39.1. The van der Waals surface area contributed by atoms with Crippen LogP contribution in [0.2, 0.25) is 0 Å². The number of benzene rings is 2. The number of urea groups is 1. The zero-order valence-corrected chi connectivity index (χ0v) is 19.0. The average Bonchev–Trinajstić information content (AvgIpc) is 3.37. The van der Waals surface area contributed by atoms with Crippen LogP contribution < -0.4 is 10.2 Å². The first kappa shape index (κ1) is 22.7. The van der Waals surface area contributed by atoms with E-state index in [1.165, 1.54) is 22.1 Å². The molecule has 2 saturated heterocycles. The number of nitrogens with zero attached hydrogens (tertiary/aromatic N) is 3. The number of nitrogens with one attached hydrogen (secondary N) is 1. The summed E-state index contributed by atoms with van der Waals surface area (Å²) in [4.78, 5) is 31.2. The molecule has 0 saturated carbocycles. The molecule has 34 heavy (non-hydrogen) atoms. The molecule has 1 N–H and O–H groups in total. The number of rotatable bonds is 4. The van der Waals surface area contributed by atoms with Crippen LogP contribution >= 0.6 is 0 Å². The Hall–Kier alpha value is -3.07. The van der Waals surface area contributed by atoms with Crippen LogP contribution in [0, 0.1) is 0 Å². The number of amides is 3. The summed E-state index contributed by atoms with van der Waals surface area (Å²) in [6.07, 6.45) is -1.24. The summed E-state index contributed by atoms with van der Waals surface area (Å²) in [5.74, 6) is -0.282. The second kappa shape index (κ2) is 8.30. The lowest BCUT2D eigenvalue weighted by Gasteiger charge is -2.37. The molecule has 3 aliphatic rings. The van der Waals surface area contributed by atoms with E-state index in [0.717, 1.165) is 37.0 Å². The molecular formula is C25H27F3N4O2. The van der Waals surface area contributed by atoms with Gasteiger partial charge in [-0.15, -0.1) is 0 Å². The van der Waals surface area contributed by atoms with Gasteiger partial charge in [0.05, 0.1) is 12.2 Å². The molecule has 5 rings (SSSR count). The van der Waals surface area contributed by atoms with Crippen molar-refractivity contribution in [1.82, 2.24) is 15.1 Å². The predicted octanol–water partition coefficient (Wildman–Crippen LogP) is 3.74. The highest BCUT2D eigenvalue weighted by atomic mass is 19.4. The van der Waals surface area contributed by atoms with E-state index in [4.69, 9.17) is 0 Å². The van der Waals surface area contributed by atoms with Gasteiger partial charge in [0.1, 0.15) is 5.54 Å². The van der Waals surface area contributed by atoms with E-state index in [1.54, 1.807) is 13.0 Å². The third-order valence-corrected chi connectivity index (χ3v) is 7.20. The van der Waals surface area contributed by atoms with Gasteiger partial charge in [0.15, 0.2) is 0 Å². The van der Waals surface area contributed by atoms with Crippen LogP contribution in [0.5, 0.6) is 0 Å². The standard InChI is InChI=1S/C25H27F3N4O2/c1-24(19-9-8-17-4-2-5-18(17)14-19)22(33)32(23(34)29-24)16-30-10-12-31(13-11-30)21-7-3-6-20(15-21)25(26,27)28/h3,6-9,14-15H,2,4-5,10-13,16H2,1H3,(H,29,34). The van der Waals surface area contributed by atoms with Crippen molar-refractivity contribution in [1.29, 1.82) is 0 Å². The summed E-state index contributed by atoms with van der Waals surface area (Å²) in [6.45, 7) is 3.98. The molecule has 0 spiro atoms. The molecule has 180 valence electrons. The zero-order valence-electron chi connectivity index (χ0n) is 19.0. The molecule has 2 aliphatic heterocycles. The van der Waals surface area contributed by atoms with E-state index in [2.05, 4.69) is 11.4 Å². The minimum absolute atomic E-state index is 0.154. The normalized spacial score (nSPS) is 23.4. The average molecular weight is 473 g/mol. The number of halogens is 3.